The summed E-state index contributed by atoms with van der Waals surface area (Å²) in [7, 11) is 0. The molecule has 0 saturated carbocycles. The second-order valence-corrected chi connectivity index (χ2v) is 8.26. The lowest BCUT2D eigenvalue weighted by atomic mass is 10.1. The van der Waals surface area contributed by atoms with Gasteiger partial charge in [0.1, 0.15) is 11.6 Å². The quantitative estimate of drug-likeness (QED) is 0.270. The molecule has 31 heavy (non-hydrogen) atoms. The van der Waals surface area contributed by atoms with Crippen molar-refractivity contribution in [3.63, 3.8) is 0 Å². The van der Waals surface area contributed by atoms with Crippen LogP contribution in [0.25, 0.3) is 0 Å². The number of hydrogen-bond donors (Lipinski definition) is 3. The number of ether oxygens (including phenoxy) is 1. The normalized spacial score (nSPS) is 11.5. The number of carbonyl (C=O) groups is 1. The third kappa shape index (κ3) is 11.0. The Hall–Kier alpha value is -2.36. The number of halogens is 2. The Morgan fingerprint density at radius 1 is 1.06 bits per heavy atom. The first kappa shape index (κ1) is 26.7. The van der Waals surface area contributed by atoms with E-state index in [1.54, 1.807) is 12.1 Å². The average Bonchev–Trinajstić information content (AvgIpc) is 2.65. The Labute approximate surface area is 201 Å². The van der Waals surface area contributed by atoms with Gasteiger partial charge in [-0.1, -0.05) is 12.1 Å². The Kier molecular flexibility index (Phi) is 10.7. The summed E-state index contributed by atoms with van der Waals surface area (Å²) in [5, 5.41) is 9.13. The van der Waals surface area contributed by atoms with Gasteiger partial charge in [0.2, 0.25) is 5.91 Å². The first-order valence-corrected chi connectivity index (χ1v) is 9.98. The molecule has 2 aromatic rings. The monoisotopic (exact) mass is 542 g/mol. The molecule has 2 aromatic carbocycles. The van der Waals surface area contributed by atoms with Crippen molar-refractivity contribution in [2.45, 2.75) is 52.8 Å². The van der Waals surface area contributed by atoms with Gasteiger partial charge in [-0.05, 0) is 76.6 Å². The van der Waals surface area contributed by atoms with Crippen molar-refractivity contribution in [1.29, 1.82) is 0 Å². The second kappa shape index (κ2) is 12.5. The highest BCUT2D eigenvalue weighted by atomic mass is 127. The van der Waals surface area contributed by atoms with Crippen LogP contribution in [0.5, 0.6) is 5.75 Å². The van der Waals surface area contributed by atoms with E-state index in [2.05, 4.69) is 20.9 Å². The maximum Gasteiger partial charge on any atom is 0.239 e. The van der Waals surface area contributed by atoms with Gasteiger partial charge in [0.05, 0.1) is 19.2 Å². The number of carbonyl (C=O) groups excluding carboxylic acids is 1. The molecule has 3 N–H and O–H groups in total. The van der Waals surface area contributed by atoms with E-state index in [1.165, 1.54) is 12.1 Å². The number of nitrogens with one attached hydrogen (secondary N) is 3. The van der Waals surface area contributed by atoms with Crippen LogP contribution in [0.15, 0.2) is 53.5 Å². The van der Waals surface area contributed by atoms with Crippen molar-refractivity contribution < 1.29 is 13.9 Å². The van der Waals surface area contributed by atoms with Gasteiger partial charge in [0.25, 0.3) is 0 Å². The maximum atomic E-state index is 13.1. The van der Waals surface area contributed by atoms with E-state index in [-0.39, 0.29) is 53.9 Å². The maximum absolute atomic E-state index is 13.1. The predicted molar refractivity (Wildman–Crippen MR) is 135 cm³/mol. The highest BCUT2D eigenvalue weighted by Crippen LogP contribution is 2.17. The number of guanidine groups is 1. The molecule has 0 spiro atoms. The van der Waals surface area contributed by atoms with Gasteiger partial charge in [-0.3, -0.25) is 4.79 Å². The lowest BCUT2D eigenvalue weighted by Gasteiger charge is -2.21. The van der Waals surface area contributed by atoms with Gasteiger partial charge in [0.15, 0.2) is 5.96 Å². The molecule has 170 valence electrons. The minimum absolute atomic E-state index is 0. The molecule has 0 aliphatic rings. The van der Waals surface area contributed by atoms with Crippen molar-refractivity contribution in [3.05, 3.63) is 59.9 Å². The zero-order valence-corrected chi connectivity index (χ0v) is 21.0. The zero-order valence-electron chi connectivity index (χ0n) is 18.7. The van der Waals surface area contributed by atoms with Crippen LogP contribution < -0.4 is 20.7 Å². The molecule has 0 unspecified atom stereocenters. The summed E-state index contributed by atoms with van der Waals surface area (Å²) in [5.41, 5.74) is 1.34. The molecule has 8 heteroatoms. The first-order valence-electron chi connectivity index (χ1n) is 9.98. The SMILES string of the molecule is CC(C)Oc1ccc(NC(=NCc2ccc(F)cc2)NCC(=O)NC(C)(C)C)cc1.I. The smallest absolute Gasteiger partial charge is 0.239 e. The Bertz CT molecular complexity index is 847. The van der Waals surface area contributed by atoms with Crippen molar-refractivity contribution in [2.24, 2.45) is 4.99 Å². The predicted octanol–water partition coefficient (Wildman–Crippen LogP) is 4.70. The van der Waals surface area contributed by atoms with E-state index in [1.807, 2.05) is 58.9 Å². The van der Waals surface area contributed by atoms with Crippen LogP contribution >= 0.6 is 24.0 Å². The number of nitrogens with zero attached hydrogens (tertiary/aromatic N) is 1. The van der Waals surface area contributed by atoms with E-state index in [0.29, 0.717) is 12.5 Å². The molecule has 0 aromatic heterocycles. The molecule has 0 aliphatic carbocycles. The van der Waals surface area contributed by atoms with Crippen LogP contribution in [0.4, 0.5) is 10.1 Å². The fourth-order valence-electron chi connectivity index (χ4n) is 2.55. The summed E-state index contributed by atoms with van der Waals surface area (Å²) >= 11 is 0. The van der Waals surface area contributed by atoms with E-state index in [0.717, 1.165) is 17.0 Å². The lowest BCUT2D eigenvalue weighted by Crippen LogP contribution is -2.46. The van der Waals surface area contributed by atoms with Crippen molar-refractivity contribution in [1.82, 2.24) is 10.6 Å². The van der Waals surface area contributed by atoms with Gasteiger partial charge < -0.3 is 20.7 Å². The van der Waals surface area contributed by atoms with Crippen LogP contribution in [0.2, 0.25) is 0 Å². The van der Waals surface area contributed by atoms with Gasteiger partial charge in [-0.2, -0.15) is 0 Å². The molecule has 0 fully saturated rings. The molecule has 0 radical (unpaired) electrons. The van der Waals surface area contributed by atoms with Gasteiger partial charge >= 0.3 is 0 Å². The molecular weight excluding hydrogens is 510 g/mol. The van der Waals surface area contributed by atoms with Gasteiger partial charge in [-0.25, -0.2) is 9.38 Å². The topological polar surface area (TPSA) is 74.8 Å². The van der Waals surface area contributed by atoms with Crippen LogP contribution in [-0.4, -0.2) is 30.1 Å². The highest BCUT2D eigenvalue weighted by molar-refractivity contribution is 14.0. The van der Waals surface area contributed by atoms with E-state index in [4.69, 9.17) is 4.74 Å². The third-order valence-electron chi connectivity index (χ3n) is 3.75. The number of rotatable bonds is 7. The lowest BCUT2D eigenvalue weighted by molar-refractivity contribution is -0.121. The molecule has 0 saturated heterocycles. The highest BCUT2D eigenvalue weighted by Gasteiger charge is 2.14. The number of aliphatic imine (C=N–C) groups is 1. The van der Waals surface area contributed by atoms with Crippen molar-refractivity contribution in [3.8, 4) is 5.75 Å². The average molecular weight is 542 g/mol. The molecule has 2 rings (SSSR count). The van der Waals surface area contributed by atoms with Crippen LogP contribution in [-0.2, 0) is 11.3 Å². The van der Waals surface area contributed by atoms with Crippen LogP contribution in [0.3, 0.4) is 0 Å². The summed E-state index contributed by atoms with van der Waals surface area (Å²) in [6.45, 7) is 10.1. The van der Waals surface area contributed by atoms with Crippen molar-refractivity contribution >= 4 is 41.5 Å². The summed E-state index contributed by atoms with van der Waals surface area (Å²) in [4.78, 5) is 16.7. The Morgan fingerprint density at radius 3 is 2.23 bits per heavy atom. The number of benzene rings is 2. The number of hydrogen-bond acceptors (Lipinski definition) is 3. The van der Waals surface area contributed by atoms with E-state index in [9.17, 15) is 9.18 Å². The van der Waals surface area contributed by atoms with E-state index >= 15 is 0 Å². The number of anilines is 1. The van der Waals surface area contributed by atoms with Crippen molar-refractivity contribution in [2.75, 3.05) is 11.9 Å². The molecular formula is C23H32FIN4O2. The molecule has 0 atom stereocenters. The Morgan fingerprint density at radius 2 is 1.68 bits per heavy atom. The fourth-order valence-corrected chi connectivity index (χ4v) is 2.55. The summed E-state index contributed by atoms with van der Waals surface area (Å²) < 4.78 is 18.8. The largest absolute Gasteiger partial charge is 0.491 e. The van der Waals surface area contributed by atoms with Crippen LogP contribution in [0.1, 0.15) is 40.2 Å². The van der Waals surface area contributed by atoms with Crippen LogP contribution in [0, 0.1) is 5.82 Å². The second-order valence-electron chi connectivity index (χ2n) is 8.26. The summed E-state index contributed by atoms with van der Waals surface area (Å²) in [6, 6.07) is 13.6. The zero-order chi connectivity index (χ0) is 22.1. The Balaban J connectivity index is 0.00000480. The third-order valence-corrected chi connectivity index (χ3v) is 3.75. The van der Waals surface area contributed by atoms with Gasteiger partial charge in [-0.15, -0.1) is 24.0 Å². The molecule has 0 heterocycles. The molecule has 6 nitrogen and oxygen atoms in total. The number of amides is 1. The first-order chi connectivity index (χ1) is 14.1. The van der Waals surface area contributed by atoms with Gasteiger partial charge in [0, 0.05) is 11.2 Å². The minimum Gasteiger partial charge on any atom is -0.491 e. The molecule has 0 bridgehead atoms. The fraction of sp³-hybridized carbons (Fsp3) is 0.391. The summed E-state index contributed by atoms with van der Waals surface area (Å²) in [5.74, 6) is 0.792. The van der Waals surface area contributed by atoms with E-state index < -0.39 is 0 Å². The standard InChI is InChI=1S/C23H31FN4O2.HI/c1-16(2)30-20-12-10-19(11-13-20)27-22(26-15-21(29)28-23(3,4)5)25-14-17-6-8-18(24)9-7-17;/h6-13,16H,14-15H2,1-5H3,(H,28,29)(H2,25,26,27);1H. The minimum atomic E-state index is -0.316. The molecule has 0 aliphatic heterocycles. The molecule has 1 amide bonds. The summed E-state index contributed by atoms with van der Waals surface area (Å²) in [6.07, 6.45) is 0.0969.